The zero-order chi connectivity index (χ0) is 24.1. The topological polar surface area (TPSA) is 64.4 Å². The maximum atomic E-state index is 12.9. The van der Waals surface area contributed by atoms with Crippen molar-refractivity contribution < 1.29 is 27.4 Å². The van der Waals surface area contributed by atoms with Crippen LogP contribution in [0.4, 0.5) is 13.2 Å². The molecule has 9 heteroatoms. The highest BCUT2D eigenvalue weighted by atomic mass is 32.1. The first-order valence-corrected chi connectivity index (χ1v) is 11.7. The molecule has 1 atom stereocenters. The van der Waals surface area contributed by atoms with E-state index in [4.69, 9.17) is 19.5 Å². The molecule has 1 aliphatic heterocycles. The second-order valence-corrected chi connectivity index (χ2v) is 9.03. The number of benzene rings is 2. The normalized spacial score (nSPS) is 16.3. The highest BCUT2D eigenvalue weighted by Crippen LogP contribution is 2.34. The number of hydrogen-bond donors (Lipinski definition) is 0. The molecule has 0 saturated carbocycles. The van der Waals surface area contributed by atoms with Crippen molar-refractivity contribution >= 4 is 11.3 Å². The first-order valence-electron chi connectivity index (χ1n) is 10.9. The van der Waals surface area contributed by atoms with E-state index in [-0.39, 0.29) is 19.5 Å². The minimum atomic E-state index is -4.39. The summed E-state index contributed by atoms with van der Waals surface area (Å²) in [6.07, 6.45) is -1.82. The van der Waals surface area contributed by atoms with Gasteiger partial charge in [0.25, 0.3) is 0 Å². The highest BCUT2D eigenvalue weighted by Gasteiger charge is 2.30. The monoisotopic (exact) mass is 488 g/mol. The van der Waals surface area contributed by atoms with Crippen LogP contribution in [0.5, 0.6) is 5.75 Å². The first-order chi connectivity index (χ1) is 16.3. The molecule has 2 heterocycles. The summed E-state index contributed by atoms with van der Waals surface area (Å²) in [7, 11) is 0. The van der Waals surface area contributed by atoms with E-state index in [1.54, 1.807) is 18.2 Å². The van der Waals surface area contributed by atoms with E-state index in [0.29, 0.717) is 34.2 Å². The Labute approximate surface area is 199 Å². The molecule has 0 bridgehead atoms. The smallest absolute Gasteiger partial charge is 0.416 e. The Morgan fingerprint density at radius 1 is 1.15 bits per heavy atom. The van der Waals surface area contributed by atoms with Gasteiger partial charge in [-0.3, -0.25) is 0 Å². The maximum absolute atomic E-state index is 12.9. The molecule has 1 unspecified atom stereocenters. The predicted octanol–water partition coefficient (Wildman–Crippen LogP) is 6.63. The summed E-state index contributed by atoms with van der Waals surface area (Å²) in [5, 5.41) is 9.70. The van der Waals surface area contributed by atoms with Crippen LogP contribution in [0.25, 0.3) is 10.6 Å². The minimum absolute atomic E-state index is 0.215. The highest BCUT2D eigenvalue weighted by molar-refractivity contribution is 7.15. The van der Waals surface area contributed by atoms with Crippen LogP contribution in [0.15, 0.2) is 42.5 Å². The Hall–Kier alpha value is -2.93. The number of aromatic nitrogens is 1. The maximum Gasteiger partial charge on any atom is 0.416 e. The molecular weight excluding hydrogens is 465 g/mol. The van der Waals surface area contributed by atoms with Gasteiger partial charge in [0.15, 0.2) is 6.29 Å². The number of ether oxygens (including phenoxy) is 3. The fourth-order valence-corrected chi connectivity index (χ4v) is 4.53. The van der Waals surface area contributed by atoms with Gasteiger partial charge in [0.1, 0.15) is 17.4 Å². The molecule has 1 saturated heterocycles. The Balaban J connectivity index is 1.54. The van der Waals surface area contributed by atoms with Gasteiger partial charge in [-0.1, -0.05) is 12.1 Å². The van der Waals surface area contributed by atoms with Crippen LogP contribution in [-0.2, 0) is 28.9 Å². The average molecular weight is 489 g/mol. The molecule has 2 aromatic carbocycles. The summed E-state index contributed by atoms with van der Waals surface area (Å²) in [4.78, 5) is 5.46. The van der Waals surface area contributed by atoms with Gasteiger partial charge < -0.3 is 14.2 Å². The van der Waals surface area contributed by atoms with Gasteiger partial charge in [0.05, 0.1) is 34.4 Å². The standard InChI is InChI=1S/C25H23F3N2O3S/c1-16-12-20(10-7-18(16)13-29)32-15-22-21(14-33-23-4-2-3-11-31-23)30-24(34-22)17-5-8-19(9-6-17)25(26,27)28/h5-10,12,23H,2-4,11,14-15H2,1H3. The van der Waals surface area contributed by atoms with E-state index >= 15 is 0 Å². The van der Waals surface area contributed by atoms with E-state index in [2.05, 4.69) is 11.1 Å². The third kappa shape index (κ3) is 5.95. The van der Waals surface area contributed by atoms with Crippen LogP contribution >= 0.6 is 11.3 Å². The van der Waals surface area contributed by atoms with Crippen LogP contribution in [0.2, 0.25) is 0 Å². The molecular formula is C25H23F3N2O3S. The van der Waals surface area contributed by atoms with Crippen molar-refractivity contribution in [2.24, 2.45) is 0 Å². The van der Waals surface area contributed by atoms with Crippen molar-refractivity contribution in [2.75, 3.05) is 6.61 Å². The largest absolute Gasteiger partial charge is 0.488 e. The molecule has 1 aromatic heterocycles. The van der Waals surface area contributed by atoms with Crippen LogP contribution in [0.1, 0.15) is 46.5 Å². The van der Waals surface area contributed by atoms with Gasteiger partial charge in [-0.15, -0.1) is 11.3 Å². The molecule has 4 rings (SSSR count). The lowest BCUT2D eigenvalue weighted by Crippen LogP contribution is -2.22. The SMILES string of the molecule is Cc1cc(OCc2sc(-c3ccc(C(F)(F)F)cc3)nc2COC2CCCCO2)ccc1C#N. The molecule has 0 radical (unpaired) electrons. The van der Waals surface area contributed by atoms with Crippen LogP contribution in [-0.4, -0.2) is 17.9 Å². The molecule has 34 heavy (non-hydrogen) atoms. The molecule has 178 valence electrons. The van der Waals surface area contributed by atoms with E-state index in [1.807, 2.05) is 6.92 Å². The second kappa shape index (κ2) is 10.6. The van der Waals surface area contributed by atoms with Gasteiger partial charge in [-0.05, 0) is 62.1 Å². The van der Waals surface area contributed by atoms with Gasteiger partial charge in [-0.2, -0.15) is 18.4 Å². The zero-order valence-corrected chi connectivity index (χ0v) is 19.3. The number of rotatable bonds is 7. The summed E-state index contributed by atoms with van der Waals surface area (Å²) in [6, 6.07) is 12.3. The lowest BCUT2D eigenvalue weighted by Gasteiger charge is -2.22. The average Bonchev–Trinajstić information content (AvgIpc) is 3.25. The molecule has 0 spiro atoms. The lowest BCUT2D eigenvalue weighted by atomic mass is 10.1. The van der Waals surface area contributed by atoms with Gasteiger partial charge >= 0.3 is 6.18 Å². The van der Waals surface area contributed by atoms with Gasteiger partial charge in [-0.25, -0.2) is 4.98 Å². The summed E-state index contributed by atoms with van der Waals surface area (Å²) in [5.74, 6) is 0.614. The summed E-state index contributed by atoms with van der Waals surface area (Å²) < 4.78 is 56.3. The predicted molar refractivity (Wildman–Crippen MR) is 121 cm³/mol. The zero-order valence-electron chi connectivity index (χ0n) is 18.5. The summed E-state index contributed by atoms with van der Waals surface area (Å²) in [6.45, 7) is 2.93. The lowest BCUT2D eigenvalue weighted by molar-refractivity contribution is -0.169. The Morgan fingerprint density at radius 2 is 1.94 bits per heavy atom. The van der Waals surface area contributed by atoms with E-state index < -0.39 is 11.7 Å². The third-order valence-corrected chi connectivity index (χ3v) is 6.59. The molecule has 5 nitrogen and oxygen atoms in total. The van der Waals surface area contributed by atoms with Gasteiger partial charge in [0.2, 0.25) is 0 Å². The Morgan fingerprint density at radius 3 is 2.59 bits per heavy atom. The fraction of sp³-hybridized carbons (Fsp3) is 0.360. The van der Waals surface area contributed by atoms with E-state index in [9.17, 15) is 13.2 Å². The quantitative estimate of drug-likeness (QED) is 0.373. The van der Waals surface area contributed by atoms with Crippen molar-refractivity contribution in [3.8, 4) is 22.4 Å². The van der Waals surface area contributed by atoms with Crippen molar-refractivity contribution in [1.29, 1.82) is 5.26 Å². The Bertz CT molecular complexity index is 1160. The molecule has 1 aliphatic rings. The third-order valence-electron chi connectivity index (χ3n) is 5.47. The summed E-state index contributed by atoms with van der Waals surface area (Å²) >= 11 is 1.35. The number of nitriles is 1. The molecule has 0 amide bonds. The molecule has 0 N–H and O–H groups in total. The van der Waals surface area contributed by atoms with Gasteiger partial charge in [0, 0.05) is 12.2 Å². The van der Waals surface area contributed by atoms with Crippen molar-refractivity contribution in [3.63, 3.8) is 0 Å². The minimum Gasteiger partial charge on any atom is -0.488 e. The number of thiazole rings is 1. The molecule has 3 aromatic rings. The number of halogens is 3. The van der Waals surface area contributed by atoms with Crippen LogP contribution in [0, 0.1) is 18.3 Å². The van der Waals surface area contributed by atoms with Crippen LogP contribution in [0.3, 0.4) is 0 Å². The van der Waals surface area contributed by atoms with Crippen molar-refractivity contribution in [2.45, 2.75) is 51.9 Å². The second-order valence-electron chi connectivity index (χ2n) is 7.95. The van der Waals surface area contributed by atoms with Crippen molar-refractivity contribution in [1.82, 2.24) is 4.98 Å². The Kier molecular flexibility index (Phi) is 7.51. The molecule has 1 fully saturated rings. The number of aryl methyl sites for hydroxylation is 1. The van der Waals surface area contributed by atoms with E-state index in [0.717, 1.165) is 41.8 Å². The number of alkyl halides is 3. The molecule has 0 aliphatic carbocycles. The number of hydrogen-bond acceptors (Lipinski definition) is 6. The summed E-state index contributed by atoms with van der Waals surface area (Å²) in [5.41, 5.74) is 1.95. The van der Waals surface area contributed by atoms with Crippen molar-refractivity contribution in [3.05, 3.63) is 69.7 Å². The fourth-order valence-electron chi connectivity index (χ4n) is 3.55. The number of nitrogens with zero attached hydrogens (tertiary/aromatic N) is 2. The van der Waals surface area contributed by atoms with E-state index in [1.165, 1.54) is 23.5 Å². The first kappa shape index (κ1) is 24.2. The van der Waals surface area contributed by atoms with Crippen LogP contribution < -0.4 is 4.74 Å².